The summed E-state index contributed by atoms with van der Waals surface area (Å²) < 4.78 is 41.0. The molecule has 2 fully saturated rings. The molecule has 136 valence electrons. The summed E-state index contributed by atoms with van der Waals surface area (Å²) >= 11 is 0. The van der Waals surface area contributed by atoms with Gasteiger partial charge in [0.2, 0.25) is 0 Å². The van der Waals surface area contributed by atoms with Crippen molar-refractivity contribution in [2.24, 2.45) is 0 Å². The zero-order valence-electron chi connectivity index (χ0n) is 15.2. The van der Waals surface area contributed by atoms with Crippen LogP contribution in [0.2, 0.25) is 0 Å². The van der Waals surface area contributed by atoms with Gasteiger partial charge in [-0.3, -0.25) is 4.79 Å². The van der Waals surface area contributed by atoms with Gasteiger partial charge in [0, 0.05) is 18.6 Å². The van der Waals surface area contributed by atoms with Gasteiger partial charge in [0.05, 0.1) is 11.2 Å². The monoisotopic (exact) mass is 351 g/mol. The summed E-state index contributed by atoms with van der Waals surface area (Å²) in [4.78, 5) is 14.1. The molecule has 7 heteroatoms. The highest BCUT2D eigenvalue weighted by Gasteiger charge is 2.52. The maximum absolute atomic E-state index is 15.0. The normalized spacial score (nSPS) is 22.3. The third-order valence-corrected chi connectivity index (χ3v) is 5.49. The molecule has 2 heterocycles. The number of piperidine rings is 1. The third-order valence-electron chi connectivity index (χ3n) is 5.49. The van der Waals surface area contributed by atoms with Gasteiger partial charge in [-0.2, -0.15) is 0 Å². The first-order valence-electron chi connectivity index (χ1n) is 8.77. The molecule has 0 aliphatic carbocycles. The molecule has 0 aromatic heterocycles. The number of likely N-dealkylation sites (tertiary alicyclic amines) is 1. The number of hydrogen-bond donors (Lipinski definition) is 0. The summed E-state index contributed by atoms with van der Waals surface area (Å²) in [5.74, 6) is -2.35. The van der Waals surface area contributed by atoms with Crippen LogP contribution in [0.3, 0.4) is 0 Å². The highest BCUT2D eigenvalue weighted by molar-refractivity contribution is 6.62. The van der Waals surface area contributed by atoms with Gasteiger partial charge in [0.1, 0.15) is 17.2 Å². The van der Waals surface area contributed by atoms with E-state index in [4.69, 9.17) is 9.31 Å². The highest BCUT2D eigenvalue weighted by atomic mass is 19.1. The van der Waals surface area contributed by atoms with Crippen molar-refractivity contribution in [3.05, 3.63) is 29.3 Å². The highest BCUT2D eigenvalue weighted by Crippen LogP contribution is 2.36. The topological polar surface area (TPSA) is 38.8 Å². The number of nitrogens with zero attached hydrogens (tertiary/aromatic N) is 1. The fraction of sp³-hybridized carbons (Fsp3) is 0.611. The maximum atomic E-state index is 15.0. The van der Waals surface area contributed by atoms with Gasteiger partial charge in [-0.25, -0.2) is 8.78 Å². The molecule has 0 bridgehead atoms. The second kappa shape index (κ2) is 6.36. The predicted molar refractivity (Wildman–Crippen MR) is 91.8 cm³/mol. The van der Waals surface area contributed by atoms with Crippen LogP contribution in [-0.4, -0.2) is 42.2 Å². The lowest BCUT2D eigenvalue weighted by atomic mass is 9.77. The van der Waals surface area contributed by atoms with Crippen molar-refractivity contribution >= 4 is 18.5 Å². The minimum atomic E-state index is -0.974. The van der Waals surface area contributed by atoms with Crippen molar-refractivity contribution in [1.82, 2.24) is 4.90 Å². The van der Waals surface area contributed by atoms with Crippen LogP contribution in [0.25, 0.3) is 0 Å². The van der Waals surface area contributed by atoms with Crippen molar-refractivity contribution in [3.63, 3.8) is 0 Å². The molecule has 1 aromatic rings. The zero-order chi connectivity index (χ0) is 18.4. The Kier molecular flexibility index (Phi) is 4.66. The van der Waals surface area contributed by atoms with Crippen LogP contribution >= 0.6 is 0 Å². The number of hydrogen-bond acceptors (Lipinski definition) is 3. The summed E-state index contributed by atoms with van der Waals surface area (Å²) in [5.41, 5.74) is -1.75. The van der Waals surface area contributed by atoms with Crippen LogP contribution in [0.5, 0.6) is 0 Å². The Labute approximate surface area is 147 Å². The van der Waals surface area contributed by atoms with E-state index in [2.05, 4.69) is 0 Å². The number of carbonyl (C=O) groups excluding carboxylic acids is 1. The minimum Gasteiger partial charge on any atom is -0.399 e. The van der Waals surface area contributed by atoms with E-state index in [9.17, 15) is 9.18 Å². The third kappa shape index (κ3) is 3.20. The van der Waals surface area contributed by atoms with E-state index in [-0.39, 0.29) is 5.46 Å². The molecular weight excluding hydrogens is 327 g/mol. The van der Waals surface area contributed by atoms with E-state index in [1.165, 1.54) is 11.0 Å². The Hall–Kier alpha value is -1.47. The molecule has 2 aliphatic rings. The van der Waals surface area contributed by atoms with E-state index in [1.807, 2.05) is 27.7 Å². The Morgan fingerprint density at radius 3 is 2.16 bits per heavy atom. The van der Waals surface area contributed by atoms with Crippen LogP contribution < -0.4 is 5.46 Å². The van der Waals surface area contributed by atoms with Gasteiger partial charge < -0.3 is 14.2 Å². The van der Waals surface area contributed by atoms with Crippen molar-refractivity contribution in [1.29, 1.82) is 0 Å². The number of rotatable bonds is 2. The molecule has 0 spiro atoms. The van der Waals surface area contributed by atoms with Gasteiger partial charge in [-0.15, -0.1) is 0 Å². The predicted octanol–water partition coefficient (Wildman–Crippen LogP) is 2.89. The van der Waals surface area contributed by atoms with Gasteiger partial charge in [-0.05, 0) is 53.0 Å². The van der Waals surface area contributed by atoms with Crippen LogP contribution in [0.15, 0.2) is 12.1 Å². The molecule has 0 radical (unpaired) electrons. The fourth-order valence-electron chi connectivity index (χ4n) is 3.17. The molecule has 0 unspecified atom stereocenters. The van der Waals surface area contributed by atoms with Gasteiger partial charge in [0.15, 0.2) is 0 Å². The summed E-state index contributed by atoms with van der Waals surface area (Å²) in [6.07, 6.45) is 2.74. The minimum absolute atomic E-state index is 0.0559. The molecule has 1 aromatic carbocycles. The van der Waals surface area contributed by atoms with Crippen LogP contribution in [0, 0.1) is 11.6 Å². The fourth-order valence-corrected chi connectivity index (χ4v) is 3.17. The molecule has 4 nitrogen and oxygen atoms in total. The lowest BCUT2D eigenvalue weighted by Crippen LogP contribution is -2.41. The molecule has 3 rings (SSSR count). The summed E-state index contributed by atoms with van der Waals surface area (Å²) in [6.45, 7) is 8.47. The second-order valence-corrected chi connectivity index (χ2v) is 7.77. The van der Waals surface area contributed by atoms with Crippen molar-refractivity contribution in [2.45, 2.75) is 58.2 Å². The zero-order valence-corrected chi connectivity index (χ0v) is 15.2. The first kappa shape index (κ1) is 18.3. The van der Waals surface area contributed by atoms with E-state index in [0.29, 0.717) is 13.1 Å². The molecule has 0 saturated carbocycles. The summed E-state index contributed by atoms with van der Waals surface area (Å²) in [5, 5.41) is 0. The lowest BCUT2D eigenvalue weighted by molar-refractivity contribution is 0.00578. The number of amides is 1. The summed E-state index contributed by atoms with van der Waals surface area (Å²) in [6, 6.07) is 2.40. The first-order chi connectivity index (χ1) is 11.6. The second-order valence-electron chi connectivity index (χ2n) is 7.77. The molecule has 2 aliphatic heterocycles. The molecule has 0 atom stereocenters. The number of benzene rings is 1. The maximum Gasteiger partial charge on any atom is 0.497 e. The quantitative estimate of drug-likeness (QED) is 0.770. The molecule has 1 amide bonds. The first-order valence-corrected chi connectivity index (χ1v) is 8.77. The van der Waals surface area contributed by atoms with Crippen LogP contribution in [-0.2, 0) is 9.31 Å². The number of halogens is 2. The van der Waals surface area contributed by atoms with Crippen molar-refractivity contribution in [2.75, 3.05) is 13.1 Å². The van der Waals surface area contributed by atoms with Gasteiger partial charge >= 0.3 is 7.12 Å². The molecule has 2 saturated heterocycles. The van der Waals surface area contributed by atoms with Crippen molar-refractivity contribution in [3.8, 4) is 0 Å². The average Bonchev–Trinajstić information content (AvgIpc) is 2.76. The molecule has 25 heavy (non-hydrogen) atoms. The standard InChI is InChI=1S/C18H24BF2NO3/c1-17(2)18(3,4)25-19(24-17)12-8-9-13(20)14(15(12)21)16(23)22-10-6-5-7-11-22/h8-9H,5-7,10-11H2,1-4H3. The van der Waals surface area contributed by atoms with Gasteiger partial charge in [0.25, 0.3) is 5.91 Å². The Bertz CT molecular complexity index is 671. The smallest absolute Gasteiger partial charge is 0.399 e. The number of carbonyl (C=O) groups is 1. The van der Waals surface area contributed by atoms with E-state index in [1.54, 1.807) is 0 Å². The van der Waals surface area contributed by atoms with E-state index < -0.39 is 41.4 Å². The van der Waals surface area contributed by atoms with E-state index in [0.717, 1.165) is 25.3 Å². The lowest BCUT2D eigenvalue weighted by Gasteiger charge is -2.32. The molecular formula is C18H24BF2NO3. The van der Waals surface area contributed by atoms with Crippen molar-refractivity contribution < 1.29 is 22.9 Å². The SMILES string of the molecule is CC1(C)OB(c2ccc(F)c(C(=O)N3CCCCC3)c2F)OC1(C)C. The Balaban J connectivity index is 1.94. The average molecular weight is 351 g/mol. The van der Waals surface area contributed by atoms with Crippen LogP contribution in [0.4, 0.5) is 8.78 Å². The Morgan fingerprint density at radius 2 is 1.60 bits per heavy atom. The van der Waals surface area contributed by atoms with E-state index >= 15 is 4.39 Å². The molecule has 0 N–H and O–H groups in total. The summed E-state index contributed by atoms with van der Waals surface area (Å²) in [7, 11) is -0.974. The van der Waals surface area contributed by atoms with Crippen LogP contribution in [0.1, 0.15) is 57.3 Å². The van der Waals surface area contributed by atoms with Gasteiger partial charge in [-0.1, -0.05) is 6.07 Å². The Morgan fingerprint density at radius 1 is 1.04 bits per heavy atom. The largest absolute Gasteiger partial charge is 0.497 e.